The fraction of sp³-hybridized carbons (Fsp3) is 0.222. The predicted octanol–water partition coefficient (Wildman–Crippen LogP) is 2.14. The summed E-state index contributed by atoms with van der Waals surface area (Å²) in [5.74, 6) is -1.82. The summed E-state index contributed by atoms with van der Waals surface area (Å²) in [5, 5.41) is 0. The van der Waals surface area contributed by atoms with Crippen LogP contribution in [0, 0.1) is 0 Å². The van der Waals surface area contributed by atoms with Crippen LogP contribution in [0.5, 0.6) is 0 Å². The monoisotopic (exact) mass is 430 g/mol. The molecule has 1 amide bonds. The highest BCUT2D eigenvalue weighted by Gasteiger charge is 2.31. The molecule has 0 aliphatic carbocycles. The molecular weight excluding hydrogens is 413 g/mol. The average Bonchev–Trinajstić information content (AvgIpc) is 2.66. The lowest BCUT2D eigenvalue weighted by Crippen LogP contribution is -2.29. The molecule has 1 atom stereocenters. The number of rotatable bonds is 8. The summed E-state index contributed by atoms with van der Waals surface area (Å²) in [6.45, 7) is -0.447. The first-order valence-electron chi connectivity index (χ1n) is 8.21. The van der Waals surface area contributed by atoms with E-state index in [1.807, 2.05) is 4.72 Å². The van der Waals surface area contributed by atoms with Gasteiger partial charge in [0.1, 0.15) is 0 Å². The Morgan fingerprint density at radius 2 is 1.72 bits per heavy atom. The highest BCUT2D eigenvalue weighted by atomic mass is 32.2. The Labute approximate surface area is 164 Å². The molecule has 0 saturated heterocycles. The molecule has 2 rings (SSSR count). The smallest absolute Gasteiger partial charge is 0.416 e. The number of carbonyl (C=O) groups excluding carboxylic acids is 2. The number of amides is 1. The van der Waals surface area contributed by atoms with Crippen LogP contribution in [-0.4, -0.2) is 26.8 Å². The van der Waals surface area contributed by atoms with Gasteiger partial charge in [0.05, 0.1) is 16.9 Å². The first-order chi connectivity index (χ1) is 13.5. The average molecular weight is 430 g/mol. The molecule has 0 fully saturated rings. The van der Waals surface area contributed by atoms with Gasteiger partial charge in [-0.15, -0.1) is 0 Å². The van der Waals surface area contributed by atoms with E-state index in [1.54, 1.807) is 18.2 Å². The summed E-state index contributed by atoms with van der Waals surface area (Å²) in [6, 6.07) is 11.1. The number of nitrogens with two attached hydrogens (primary N) is 1. The Morgan fingerprint density at radius 3 is 2.31 bits per heavy atom. The lowest BCUT2D eigenvalue weighted by molar-refractivity contribution is -0.155. The van der Waals surface area contributed by atoms with E-state index in [2.05, 4.69) is 0 Å². The fourth-order valence-corrected chi connectivity index (χ4v) is 3.40. The van der Waals surface area contributed by atoms with Crippen LogP contribution in [0.2, 0.25) is 0 Å². The standard InChI is InChI=1S/C18H17F3N2O5S/c19-18(20,21)13-7-4-8-14(11-13)29(26,27)23-10-9-15(24)28-16(17(22)25)12-5-2-1-3-6-12/h1-8,11,16,23H,9-10H2,(H2,22,25)/t16-/m1/s1. The molecule has 0 aromatic heterocycles. The molecule has 156 valence electrons. The summed E-state index contributed by atoms with van der Waals surface area (Å²) in [5.41, 5.74) is 4.45. The van der Waals surface area contributed by atoms with E-state index in [-0.39, 0.29) is 0 Å². The van der Waals surface area contributed by atoms with E-state index >= 15 is 0 Å². The van der Waals surface area contributed by atoms with Crippen molar-refractivity contribution in [1.29, 1.82) is 0 Å². The number of primary amides is 1. The maximum atomic E-state index is 12.7. The van der Waals surface area contributed by atoms with Crippen molar-refractivity contribution in [3.63, 3.8) is 0 Å². The topological polar surface area (TPSA) is 116 Å². The zero-order valence-electron chi connectivity index (χ0n) is 14.8. The second-order valence-electron chi connectivity index (χ2n) is 5.86. The minimum atomic E-state index is -4.70. The summed E-state index contributed by atoms with van der Waals surface area (Å²) >= 11 is 0. The van der Waals surface area contributed by atoms with Gasteiger partial charge in [0.25, 0.3) is 5.91 Å². The number of alkyl halides is 3. The molecule has 29 heavy (non-hydrogen) atoms. The van der Waals surface area contributed by atoms with E-state index in [4.69, 9.17) is 10.5 Å². The van der Waals surface area contributed by atoms with Gasteiger partial charge in [0.15, 0.2) is 0 Å². The van der Waals surface area contributed by atoms with E-state index in [1.165, 1.54) is 12.1 Å². The lowest BCUT2D eigenvalue weighted by atomic mass is 10.1. The van der Waals surface area contributed by atoms with Crippen LogP contribution in [0.4, 0.5) is 13.2 Å². The molecule has 0 saturated carbocycles. The third kappa shape index (κ3) is 6.29. The van der Waals surface area contributed by atoms with E-state index in [0.29, 0.717) is 11.6 Å². The second-order valence-corrected chi connectivity index (χ2v) is 7.62. The van der Waals surface area contributed by atoms with Crippen LogP contribution in [0.3, 0.4) is 0 Å². The zero-order valence-corrected chi connectivity index (χ0v) is 15.7. The molecule has 2 aromatic carbocycles. The Balaban J connectivity index is 1.98. The third-order valence-electron chi connectivity index (χ3n) is 3.70. The maximum Gasteiger partial charge on any atom is 0.416 e. The molecular formula is C18H17F3N2O5S. The molecule has 0 heterocycles. The number of esters is 1. The van der Waals surface area contributed by atoms with Crippen molar-refractivity contribution in [2.24, 2.45) is 5.73 Å². The second kappa shape index (κ2) is 9.05. The van der Waals surface area contributed by atoms with E-state index in [9.17, 15) is 31.2 Å². The summed E-state index contributed by atoms with van der Waals surface area (Å²) in [4.78, 5) is 22.8. The third-order valence-corrected chi connectivity index (χ3v) is 5.16. The minimum absolute atomic E-state index is 0.345. The van der Waals surface area contributed by atoms with Crippen LogP contribution in [0.25, 0.3) is 0 Å². The molecule has 3 N–H and O–H groups in total. The normalized spacial score (nSPS) is 12.9. The predicted molar refractivity (Wildman–Crippen MR) is 95.7 cm³/mol. The molecule has 0 radical (unpaired) electrons. The minimum Gasteiger partial charge on any atom is -0.447 e. The number of hydrogen-bond donors (Lipinski definition) is 2. The summed E-state index contributed by atoms with van der Waals surface area (Å²) in [6.07, 6.45) is -6.51. The summed E-state index contributed by atoms with van der Waals surface area (Å²) in [7, 11) is -4.29. The summed E-state index contributed by atoms with van der Waals surface area (Å²) < 4.78 is 69.5. The lowest BCUT2D eigenvalue weighted by Gasteiger charge is -2.15. The number of benzene rings is 2. The highest BCUT2D eigenvalue weighted by Crippen LogP contribution is 2.30. The van der Waals surface area contributed by atoms with E-state index in [0.717, 1.165) is 18.2 Å². The fourth-order valence-electron chi connectivity index (χ4n) is 2.32. The van der Waals surface area contributed by atoms with Crippen LogP contribution >= 0.6 is 0 Å². The van der Waals surface area contributed by atoms with Crippen molar-refractivity contribution in [3.8, 4) is 0 Å². The van der Waals surface area contributed by atoms with Gasteiger partial charge in [-0.3, -0.25) is 9.59 Å². The van der Waals surface area contributed by atoms with Gasteiger partial charge in [0.2, 0.25) is 16.1 Å². The molecule has 0 bridgehead atoms. The number of ether oxygens (including phenoxy) is 1. The van der Waals surface area contributed by atoms with Gasteiger partial charge >= 0.3 is 12.1 Å². The van der Waals surface area contributed by atoms with Crippen molar-refractivity contribution in [3.05, 3.63) is 65.7 Å². The van der Waals surface area contributed by atoms with Gasteiger partial charge in [0, 0.05) is 12.1 Å². The van der Waals surface area contributed by atoms with Gasteiger partial charge in [-0.25, -0.2) is 13.1 Å². The zero-order chi connectivity index (χ0) is 21.7. The number of sulfonamides is 1. The van der Waals surface area contributed by atoms with Gasteiger partial charge in [-0.05, 0) is 18.2 Å². The molecule has 0 unspecified atom stereocenters. The van der Waals surface area contributed by atoms with Gasteiger partial charge < -0.3 is 10.5 Å². The highest BCUT2D eigenvalue weighted by molar-refractivity contribution is 7.89. The molecule has 2 aromatic rings. The molecule has 7 nitrogen and oxygen atoms in total. The van der Waals surface area contributed by atoms with Crippen molar-refractivity contribution in [1.82, 2.24) is 4.72 Å². The quantitative estimate of drug-likeness (QED) is 0.623. The molecule has 11 heteroatoms. The van der Waals surface area contributed by atoms with Crippen LogP contribution in [0.1, 0.15) is 23.7 Å². The van der Waals surface area contributed by atoms with Crippen molar-refractivity contribution >= 4 is 21.9 Å². The SMILES string of the molecule is NC(=O)[C@H](OC(=O)CCNS(=O)(=O)c1cccc(C(F)(F)F)c1)c1ccccc1. The van der Waals surface area contributed by atoms with Gasteiger partial charge in [-0.1, -0.05) is 36.4 Å². The largest absolute Gasteiger partial charge is 0.447 e. The van der Waals surface area contributed by atoms with Crippen molar-refractivity contribution < 1.29 is 35.9 Å². The van der Waals surface area contributed by atoms with Crippen molar-refractivity contribution in [2.75, 3.05) is 6.54 Å². The number of halogens is 3. The van der Waals surface area contributed by atoms with E-state index < -0.39 is 57.6 Å². The Bertz CT molecular complexity index is 978. The van der Waals surface area contributed by atoms with Crippen LogP contribution in [0.15, 0.2) is 59.5 Å². The number of carbonyl (C=O) groups is 2. The molecule has 0 spiro atoms. The Hall–Kier alpha value is -2.92. The Morgan fingerprint density at radius 1 is 1.07 bits per heavy atom. The number of hydrogen-bond acceptors (Lipinski definition) is 5. The first-order valence-corrected chi connectivity index (χ1v) is 9.69. The number of nitrogens with one attached hydrogen (secondary N) is 1. The van der Waals surface area contributed by atoms with Crippen LogP contribution < -0.4 is 10.5 Å². The maximum absolute atomic E-state index is 12.7. The van der Waals surface area contributed by atoms with Crippen molar-refractivity contribution in [2.45, 2.75) is 23.6 Å². The Kier molecular flexibility index (Phi) is 6.98. The molecule has 0 aliphatic rings. The first kappa shape index (κ1) is 22.4. The molecule has 0 aliphatic heterocycles. The van der Waals surface area contributed by atoms with Gasteiger partial charge in [-0.2, -0.15) is 13.2 Å². The van der Waals surface area contributed by atoms with Crippen LogP contribution in [-0.2, 0) is 30.5 Å².